The van der Waals surface area contributed by atoms with Crippen LogP contribution in [0.4, 0.5) is 0 Å². The number of likely N-dealkylation sites (tertiary alicyclic amines) is 1. The van der Waals surface area contributed by atoms with Gasteiger partial charge < -0.3 is 9.40 Å². The molecule has 2 aromatic heterocycles. The number of aromatic amines is 1. The Morgan fingerprint density at radius 1 is 1.18 bits per heavy atom. The number of nitrogens with zero attached hydrogens (tertiary/aromatic N) is 3. The lowest BCUT2D eigenvalue weighted by Gasteiger charge is -2.21. The van der Waals surface area contributed by atoms with E-state index < -0.39 is 0 Å². The van der Waals surface area contributed by atoms with E-state index in [0.717, 1.165) is 49.1 Å². The lowest BCUT2D eigenvalue weighted by molar-refractivity contribution is 0.215. The topological polar surface area (TPSA) is 58.0 Å². The van der Waals surface area contributed by atoms with Gasteiger partial charge in [0.15, 0.2) is 0 Å². The number of hydrogen-bond acceptors (Lipinski definition) is 4. The van der Waals surface area contributed by atoms with Crippen molar-refractivity contribution in [2.24, 2.45) is 0 Å². The molecule has 1 saturated heterocycles. The fourth-order valence-electron chi connectivity index (χ4n) is 3.74. The van der Waals surface area contributed by atoms with Gasteiger partial charge in [-0.15, -0.1) is 0 Å². The van der Waals surface area contributed by atoms with Gasteiger partial charge in [-0.1, -0.05) is 0 Å². The first-order chi connectivity index (χ1) is 10.7. The molecule has 5 nitrogen and oxygen atoms in total. The van der Waals surface area contributed by atoms with Gasteiger partial charge in [-0.25, -0.2) is 9.97 Å². The van der Waals surface area contributed by atoms with Gasteiger partial charge >= 0.3 is 0 Å². The van der Waals surface area contributed by atoms with E-state index in [9.17, 15) is 0 Å². The van der Waals surface area contributed by atoms with Crippen LogP contribution in [0.15, 0.2) is 4.42 Å². The van der Waals surface area contributed by atoms with Gasteiger partial charge in [-0.3, -0.25) is 4.90 Å². The van der Waals surface area contributed by atoms with Crippen molar-refractivity contribution in [1.29, 1.82) is 0 Å². The zero-order valence-corrected chi connectivity index (χ0v) is 13.5. The van der Waals surface area contributed by atoms with Crippen LogP contribution in [-0.4, -0.2) is 26.4 Å². The number of fused-ring (bicyclic) bond motifs is 1. The number of rotatable bonds is 3. The molecule has 0 saturated carbocycles. The normalized spacial score (nSPS) is 22.2. The molecule has 22 heavy (non-hydrogen) atoms. The Kier molecular flexibility index (Phi) is 3.53. The zero-order valence-electron chi connectivity index (χ0n) is 13.5. The maximum atomic E-state index is 5.76. The number of oxazole rings is 1. The third-order valence-corrected chi connectivity index (χ3v) is 5.06. The predicted molar refractivity (Wildman–Crippen MR) is 83.6 cm³/mol. The van der Waals surface area contributed by atoms with E-state index in [1.165, 1.54) is 37.1 Å². The fourth-order valence-corrected chi connectivity index (χ4v) is 3.74. The van der Waals surface area contributed by atoms with Crippen LogP contribution in [-0.2, 0) is 19.4 Å². The molecule has 1 N–H and O–H groups in total. The maximum Gasteiger partial charge on any atom is 0.208 e. The smallest absolute Gasteiger partial charge is 0.208 e. The lowest BCUT2D eigenvalue weighted by Crippen LogP contribution is -2.23. The van der Waals surface area contributed by atoms with Gasteiger partial charge in [-0.2, -0.15) is 0 Å². The standard InChI is InChI=1S/C17H24N4O/c1-11-12(2)22-16(18-11)10-21-9-5-8-15(21)17-19-13-6-3-4-7-14(13)20-17/h15H,3-10H2,1-2H3,(H,19,20)/t15-/m1/s1. The van der Waals surface area contributed by atoms with Gasteiger partial charge in [0.05, 0.1) is 24.0 Å². The summed E-state index contributed by atoms with van der Waals surface area (Å²) < 4.78 is 5.76. The Hall–Kier alpha value is -1.62. The van der Waals surface area contributed by atoms with Crippen LogP contribution in [0.5, 0.6) is 0 Å². The van der Waals surface area contributed by atoms with Crippen molar-refractivity contribution in [3.05, 3.63) is 34.6 Å². The highest BCUT2D eigenvalue weighted by Gasteiger charge is 2.30. The summed E-state index contributed by atoms with van der Waals surface area (Å²) in [6, 6.07) is 0.387. The summed E-state index contributed by atoms with van der Waals surface area (Å²) in [5, 5.41) is 0. The van der Waals surface area contributed by atoms with Gasteiger partial charge in [0.25, 0.3) is 0 Å². The number of aryl methyl sites for hydroxylation is 4. The van der Waals surface area contributed by atoms with Crippen molar-refractivity contribution >= 4 is 0 Å². The van der Waals surface area contributed by atoms with E-state index in [1.54, 1.807) is 0 Å². The van der Waals surface area contributed by atoms with Crippen molar-refractivity contribution in [1.82, 2.24) is 19.9 Å². The summed E-state index contributed by atoms with van der Waals surface area (Å²) in [6.45, 7) is 5.86. The zero-order chi connectivity index (χ0) is 15.1. The van der Waals surface area contributed by atoms with Crippen molar-refractivity contribution < 1.29 is 4.42 Å². The van der Waals surface area contributed by atoms with Crippen LogP contribution in [0.3, 0.4) is 0 Å². The first kappa shape index (κ1) is 14.0. The highest BCUT2D eigenvalue weighted by Crippen LogP contribution is 2.33. The Morgan fingerprint density at radius 3 is 2.82 bits per heavy atom. The molecule has 2 aliphatic rings. The molecule has 0 unspecified atom stereocenters. The molecule has 0 spiro atoms. The van der Waals surface area contributed by atoms with Crippen LogP contribution in [0.2, 0.25) is 0 Å². The highest BCUT2D eigenvalue weighted by atomic mass is 16.4. The van der Waals surface area contributed by atoms with Crippen molar-refractivity contribution in [3.63, 3.8) is 0 Å². The van der Waals surface area contributed by atoms with E-state index >= 15 is 0 Å². The fraction of sp³-hybridized carbons (Fsp3) is 0.647. The van der Waals surface area contributed by atoms with Gasteiger partial charge in [0.1, 0.15) is 11.6 Å². The number of nitrogens with one attached hydrogen (secondary N) is 1. The molecule has 3 heterocycles. The summed E-state index contributed by atoms with van der Waals surface area (Å²) in [4.78, 5) is 15.5. The average Bonchev–Trinajstić information content (AvgIpc) is 3.18. The molecular formula is C17H24N4O. The summed E-state index contributed by atoms with van der Waals surface area (Å²) in [5.74, 6) is 2.92. The molecule has 1 fully saturated rings. The first-order valence-electron chi connectivity index (χ1n) is 8.45. The minimum Gasteiger partial charge on any atom is -0.444 e. The van der Waals surface area contributed by atoms with Crippen molar-refractivity contribution in [3.8, 4) is 0 Å². The van der Waals surface area contributed by atoms with E-state index in [0.29, 0.717) is 6.04 Å². The van der Waals surface area contributed by atoms with Gasteiger partial charge in [-0.05, 0) is 58.9 Å². The molecule has 1 aliphatic heterocycles. The number of aromatic nitrogens is 3. The molecular weight excluding hydrogens is 276 g/mol. The number of hydrogen-bond donors (Lipinski definition) is 1. The summed E-state index contributed by atoms with van der Waals surface area (Å²) in [5.41, 5.74) is 3.67. The third-order valence-electron chi connectivity index (χ3n) is 5.06. The molecule has 5 heteroatoms. The second kappa shape index (κ2) is 5.54. The van der Waals surface area contributed by atoms with E-state index in [1.807, 2.05) is 13.8 Å². The van der Waals surface area contributed by atoms with Crippen LogP contribution in [0, 0.1) is 13.8 Å². The molecule has 1 atom stereocenters. The molecule has 0 amide bonds. The van der Waals surface area contributed by atoms with Crippen molar-refractivity contribution in [2.75, 3.05) is 6.54 Å². The number of H-pyrrole nitrogens is 1. The van der Waals surface area contributed by atoms with Crippen molar-refractivity contribution in [2.45, 2.75) is 65.0 Å². The van der Waals surface area contributed by atoms with Gasteiger partial charge in [0, 0.05) is 5.69 Å². The summed E-state index contributed by atoms with van der Waals surface area (Å²) in [7, 11) is 0. The SMILES string of the molecule is Cc1nc(CN2CCC[C@@H]2c2nc3c([nH]2)CCCC3)oc1C. The van der Waals surface area contributed by atoms with Crippen LogP contribution in [0.1, 0.15) is 66.3 Å². The Morgan fingerprint density at radius 2 is 2.05 bits per heavy atom. The van der Waals surface area contributed by atoms with Crippen LogP contribution < -0.4 is 0 Å². The minimum absolute atomic E-state index is 0.387. The van der Waals surface area contributed by atoms with Crippen LogP contribution >= 0.6 is 0 Å². The Bertz CT molecular complexity index is 629. The quantitative estimate of drug-likeness (QED) is 0.945. The van der Waals surface area contributed by atoms with Crippen LogP contribution in [0.25, 0.3) is 0 Å². The Labute approximate surface area is 131 Å². The first-order valence-corrected chi connectivity index (χ1v) is 8.45. The third kappa shape index (κ3) is 2.47. The molecule has 1 aliphatic carbocycles. The maximum absolute atomic E-state index is 5.76. The highest BCUT2D eigenvalue weighted by molar-refractivity contribution is 5.19. The summed E-state index contributed by atoms with van der Waals surface area (Å²) >= 11 is 0. The largest absolute Gasteiger partial charge is 0.444 e. The molecule has 0 aromatic carbocycles. The minimum atomic E-state index is 0.387. The monoisotopic (exact) mass is 300 g/mol. The summed E-state index contributed by atoms with van der Waals surface area (Å²) in [6.07, 6.45) is 7.25. The van der Waals surface area contributed by atoms with E-state index in [2.05, 4.69) is 14.9 Å². The molecule has 118 valence electrons. The van der Waals surface area contributed by atoms with Gasteiger partial charge in [0.2, 0.25) is 5.89 Å². The second-order valence-electron chi connectivity index (χ2n) is 6.63. The van der Waals surface area contributed by atoms with E-state index in [-0.39, 0.29) is 0 Å². The molecule has 4 rings (SSSR count). The molecule has 0 radical (unpaired) electrons. The van der Waals surface area contributed by atoms with E-state index in [4.69, 9.17) is 9.40 Å². The molecule has 2 aromatic rings. The second-order valence-corrected chi connectivity index (χ2v) is 6.63. The molecule has 0 bridgehead atoms. The number of imidazole rings is 1. The Balaban J connectivity index is 1.54. The lowest BCUT2D eigenvalue weighted by atomic mass is 10.0. The predicted octanol–water partition coefficient (Wildman–Crippen LogP) is 3.23. The average molecular weight is 300 g/mol.